The summed E-state index contributed by atoms with van der Waals surface area (Å²) in [6.07, 6.45) is 15.8. The normalized spacial score (nSPS) is 19.6. The third-order valence-electron chi connectivity index (χ3n) is 12.3. The zero-order valence-electron chi connectivity index (χ0n) is 34.6. The molecule has 0 aliphatic heterocycles. The number of ketones is 2. The Morgan fingerprint density at radius 1 is 1.00 bits per heavy atom. The fraction of sp³-hybridized carbons (Fsp3) is 0.440. The van der Waals surface area contributed by atoms with Gasteiger partial charge in [0.1, 0.15) is 5.75 Å². The summed E-state index contributed by atoms with van der Waals surface area (Å²) in [5, 5.41) is 32.3. The summed E-state index contributed by atoms with van der Waals surface area (Å²) in [5.74, 6) is 6.99. The summed E-state index contributed by atoms with van der Waals surface area (Å²) < 4.78 is 6.09. The number of allylic oxidation sites excluding steroid dienone is 2. The Balaban J connectivity index is 1.10. The van der Waals surface area contributed by atoms with Crippen molar-refractivity contribution in [1.82, 2.24) is 4.98 Å². The van der Waals surface area contributed by atoms with Gasteiger partial charge in [-0.25, -0.2) is 0 Å². The van der Waals surface area contributed by atoms with E-state index in [9.17, 15) is 24.9 Å². The Labute approximate surface area is 349 Å². The van der Waals surface area contributed by atoms with Crippen molar-refractivity contribution < 1.29 is 29.6 Å². The van der Waals surface area contributed by atoms with Gasteiger partial charge >= 0.3 is 0 Å². The molecule has 9 heteroatoms. The van der Waals surface area contributed by atoms with E-state index in [1.807, 2.05) is 36.4 Å². The number of aromatic amines is 1. The first-order chi connectivity index (χ1) is 28.4. The molecular weight excluding hydrogens is 739 g/mol. The minimum absolute atomic E-state index is 0.00967. The number of nitrogens with one attached hydrogen (secondary N) is 1. The smallest absolute Gasteiger partial charge is 0.165 e. The van der Waals surface area contributed by atoms with Crippen LogP contribution in [0.1, 0.15) is 146 Å². The van der Waals surface area contributed by atoms with Crippen LogP contribution in [-0.2, 0) is 24.1 Å². The Kier molecular flexibility index (Phi) is 14.9. The lowest BCUT2D eigenvalue weighted by molar-refractivity contribution is -0.114. The number of hydrogen-bond donors (Lipinski definition) is 6. The number of aliphatic hydroxyl groups is 1. The summed E-state index contributed by atoms with van der Waals surface area (Å²) in [6.45, 7) is 4.78. The third-order valence-corrected chi connectivity index (χ3v) is 12.3. The number of carbonyl (C=O) groups is 2. The lowest BCUT2D eigenvalue weighted by Gasteiger charge is -2.27. The van der Waals surface area contributed by atoms with E-state index in [-0.39, 0.29) is 47.6 Å². The number of fused-ring (bicyclic) bond motifs is 2. The quantitative estimate of drug-likeness (QED) is 0.0251. The zero-order chi connectivity index (χ0) is 41.9. The third kappa shape index (κ3) is 11.5. The van der Waals surface area contributed by atoms with Crippen LogP contribution in [-0.4, -0.2) is 44.6 Å². The molecule has 0 radical (unpaired) electrons. The van der Waals surface area contributed by atoms with Crippen molar-refractivity contribution in [2.75, 3.05) is 6.61 Å². The number of hydrogen-bond acceptors (Lipinski definition) is 8. The Morgan fingerprint density at radius 2 is 1.80 bits per heavy atom. The number of H-pyrrole nitrogens is 1. The fourth-order valence-corrected chi connectivity index (χ4v) is 8.69. The Morgan fingerprint density at radius 3 is 2.56 bits per heavy atom. The molecule has 1 fully saturated rings. The second kappa shape index (κ2) is 20.2. The Bertz CT molecular complexity index is 2180. The van der Waals surface area contributed by atoms with Crippen molar-refractivity contribution >= 4 is 11.6 Å². The second-order valence-corrected chi connectivity index (χ2v) is 16.9. The highest BCUT2D eigenvalue weighted by Gasteiger charge is 2.36. The minimum atomic E-state index is -0.691. The predicted octanol–water partition coefficient (Wildman–Crippen LogP) is 8.86. The number of aliphatic hydroxyl groups excluding tert-OH is 1. The molecule has 8 N–H and O–H groups in total. The van der Waals surface area contributed by atoms with Crippen molar-refractivity contribution in [2.45, 2.75) is 122 Å². The molecule has 4 aromatic rings. The topological polar surface area (TPSA) is 172 Å². The summed E-state index contributed by atoms with van der Waals surface area (Å²) in [6, 6.07) is 17.9. The molecule has 4 unspecified atom stereocenters. The van der Waals surface area contributed by atoms with Gasteiger partial charge in [-0.2, -0.15) is 0 Å². The van der Waals surface area contributed by atoms with Crippen LogP contribution >= 0.6 is 0 Å². The molecular formula is C50H61N3O6. The van der Waals surface area contributed by atoms with Crippen molar-refractivity contribution in [1.29, 1.82) is 0 Å². The van der Waals surface area contributed by atoms with Gasteiger partial charge in [0.15, 0.2) is 23.1 Å². The van der Waals surface area contributed by atoms with E-state index in [4.69, 9.17) is 16.2 Å². The maximum Gasteiger partial charge on any atom is 0.165 e. The van der Waals surface area contributed by atoms with E-state index in [1.54, 1.807) is 36.5 Å². The first kappa shape index (κ1) is 43.4. The largest absolute Gasteiger partial charge is 0.508 e. The number of aryl methyl sites for hydroxylation is 1. The SMILES string of the molecule is CCCCCC(C)CCC1(C=CC(=O)CCc2ccc(O)c(OCCc3ccc(O)c(C4CC(=O)c5cc[nH]c5CC#Cc5cc(C(N)N)ccc54)c3)c2)CCC(O)C1. The molecule has 59 heavy (non-hydrogen) atoms. The average Bonchev–Trinajstić information content (AvgIpc) is 3.85. The highest BCUT2D eigenvalue weighted by Crippen LogP contribution is 2.45. The van der Waals surface area contributed by atoms with Crippen LogP contribution in [0.25, 0.3) is 0 Å². The summed E-state index contributed by atoms with van der Waals surface area (Å²) >= 11 is 0. The molecule has 9 nitrogen and oxygen atoms in total. The van der Waals surface area contributed by atoms with E-state index in [2.05, 4.69) is 36.7 Å². The second-order valence-electron chi connectivity index (χ2n) is 16.9. The van der Waals surface area contributed by atoms with Crippen molar-refractivity contribution in [3.63, 3.8) is 0 Å². The molecule has 1 saturated carbocycles. The number of Topliss-reactive ketones (excluding diaryl/α,β-unsaturated/α-hetero) is 1. The van der Waals surface area contributed by atoms with Crippen molar-refractivity contribution in [2.24, 2.45) is 22.8 Å². The monoisotopic (exact) mass is 799 g/mol. The standard InChI is InChI=1S/C50H61N3O6/c1-3-4-5-7-33(2)18-23-50(25-20-39(55)32-50)24-19-38(54)14-10-34-12-17-46(57)48(29-34)59-27-22-35-11-16-45(56)43(28-35)42-31-47(58)41-21-26-53-44(41)9-6-8-36-30-37(49(51)52)13-15-40(36)42/h11-13,15-17,19,21,24,26,28-30,33,39,42,49,53,55-57H,3-5,7,9-10,14,18,20,22-23,25,27,31-32,51-52H2,1-2H3. The van der Waals surface area contributed by atoms with E-state index in [0.717, 1.165) is 48.1 Å². The van der Waals surface area contributed by atoms with Gasteiger partial charge in [-0.15, -0.1) is 0 Å². The maximum atomic E-state index is 13.7. The maximum absolute atomic E-state index is 13.7. The van der Waals surface area contributed by atoms with Crippen molar-refractivity contribution in [3.05, 3.63) is 124 Å². The molecule has 2 aliphatic carbocycles. The number of carbonyl (C=O) groups excluding carboxylic acids is 2. The zero-order valence-corrected chi connectivity index (χ0v) is 34.6. The highest BCUT2D eigenvalue weighted by atomic mass is 16.5. The molecule has 0 amide bonds. The van der Waals surface area contributed by atoms with E-state index >= 15 is 0 Å². The van der Waals surface area contributed by atoms with Crippen LogP contribution in [0.3, 0.4) is 0 Å². The molecule has 6 rings (SSSR count). The van der Waals surface area contributed by atoms with E-state index in [1.165, 1.54) is 25.7 Å². The van der Waals surface area contributed by atoms with Gasteiger partial charge in [-0.3, -0.25) is 9.59 Å². The first-order valence-corrected chi connectivity index (χ1v) is 21.4. The number of ether oxygens (including phenoxy) is 1. The highest BCUT2D eigenvalue weighted by molar-refractivity contribution is 5.98. The number of aromatic hydroxyl groups is 2. The number of benzene rings is 3. The van der Waals surface area contributed by atoms with E-state index in [0.29, 0.717) is 66.0 Å². The number of phenols is 2. The van der Waals surface area contributed by atoms with Gasteiger partial charge in [-0.1, -0.05) is 87.8 Å². The van der Waals surface area contributed by atoms with Crippen LogP contribution in [0, 0.1) is 23.2 Å². The van der Waals surface area contributed by atoms with Crippen LogP contribution in [0.5, 0.6) is 17.2 Å². The number of aromatic nitrogens is 1. The molecule has 1 aromatic heterocycles. The molecule has 0 spiro atoms. The van der Waals surface area contributed by atoms with E-state index < -0.39 is 12.1 Å². The van der Waals surface area contributed by atoms with Gasteiger partial charge < -0.3 is 36.5 Å². The van der Waals surface area contributed by atoms with Gasteiger partial charge in [0.25, 0.3) is 0 Å². The molecule has 1 heterocycles. The van der Waals surface area contributed by atoms with Crippen LogP contribution in [0.4, 0.5) is 0 Å². The summed E-state index contributed by atoms with van der Waals surface area (Å²) in [7, 11) is 0. The lowest BCUT2D eigenvalue weighted by atomic mass is 9.78. The number of nitrogens with two attached hydrogens (primary N) is 2. The average molecular weight is 800 g/mol. The number of rotatable bonds is 18. The van der Waals surface area contributed by atoms with Crippen molar-refractivity contribution in [3.8, 4) is 29.1 Å². The first-order valence-electron chi connectivity index (χ1n) is 21.4. The summed E-state index contributed by atoms with van der Waals surface area (Å²) in [5.41, 5.74) is 17.8. The van der Waals surface area contributed by atoms with Crippen LogP contribution in [0.15, 0.2) is 79.0 Å². The fourth-order valence-electron chi connectivity index (χ4n) is 8.69. The van der Waals surface area contributed by atoms with Gasteiger partial charge in [0.2, 0.25) is 0 Å². The predicted molar refractivity (Wildman–Crippen MR) is 232 cm³/mol. The van der Waals surface area contributed by atoms with Crippen LogP contribution < -0.4 is 16.2 Å². The van der Waals surface area contributed by atoms with Gasteiger partial charge in [0.05, 0.1) is 25.3 Å². The Hall–Kier alpha value is -5.14. The lowest BCUT2D eigenvalue weighted by Crippen LogP contribution is -2.20. The molecule has 0 saturated heterocycles. The number of phenolic OH excluding ortho intramolecular Hbond substituents is 2. The minimum Gasteiger partial charge on any atom is -0.508 e. The van der Waals surface area contributed by atoms with Crippen LogP contribution in [0.2, 0.25) is 0 Å². The summed E-state index contributed by atoms with van der Waals surface area (Å²) in [4.78, 5) is 30.0. The molecule has 4 atom stereocenters. The molecule has 3 aromatic carbocycles. The number of unbranched alkanes of at least 4 members (excludes halogenated alkanes) is 2. The van der Waals surface area contributed by atoms with Gasteiger partial charge in [0, 0.05) is 53.8 Å². The molecule has 2 aliphatic rings. The molecule has 0 bridgehead atoms. The van der Waals surface area contributed by atoms with Gasteiger partial charge in [-0.05, 0) is 109 Å². The molecule has 312 valence electrons.